The van der Waals surface area contributed by atoms with Gasteiger partial charge in [-0.25, -0.2) is 8.42 Å². The lowest BCUT2D eigenvalue weighted by Crippen LogP contribution is -2.47. The molecule has 8 heteroatoms. The fourth-order valence-electron chi connectivity index (χ4n) is 3.99. The van der Waals surface area contributed by atoms with Crippen molar-refractivity contribution in [2.45, 2.75) is 18.9 Å². The predicted molar refractivity (Wildman–Crippen MR) is 116 cm³/mol. The number of carbonyl (C=O) groups is 1. The lowest BCUT2D eigenvalue weighted by Gasteiger charge is -2.34. The van der Waals surface area contributed by atoms with E-state index in [9.17, 15) is 13.2 Å². The zero-order chi connectivity index (χ0) is 20.7. The quantitative estimate of drug-likeness (QED) is 0.619. The number of amides is 1. The van der Waals surface area contributed by atoms with Crippen LogP contribution in [0.15, 0.2) is 30.3 Å². The Hall–Kier alpha value is -1.48. The maximum absolute atomic E-state index is 13.0. The molecule has 1 unspecified atom stereocenters. The molecule has 29 heavy (non-hydrogen) atoms. The van der Waals surface area contributed by atoms with Gasteiger partial charge in [-0.05, 0) is 32.0 Å². The molecule has 2 saturated heterocycles. The number of benzene rings is 1. The van der Waals surface area contributed by atoms with Crippen LogP contribution in [0.1, 0.15) is 24.4 Å². The first kappa shape index (κ1) is 22.2. The van der Waals surface area contributed by atoms with E-state index in [0.717, 1.165) is 51.1 Å². The van der Waals surface area contributed by atoms with Gasteiger partial charge < -0.3 is 15.1 Å². The zero-order valence-electron chi connectivity index (χ0n) is 17.4. The molecule has 0 aliphatic carbocycles. The molecule has 2 aliphatic rings. The van der Waals surface area contributed by atoms with E-state index >= 15 is 0 Å². The van der Waals surface area contributed by atoms with Gasteiger partial charge >= 0.3 is 0 Å². The number of rotatable bonds is 8. The van der Waals surface area contributed by atoms with Crippen LogP contribution in [0, 0.1) is 0 Å². The number of unbranched alkanes of at least 4 members (excludes halogenated alkanes) is 1. The minimum atomic E-state index is -2.98. The molecule has 1 amide bonds. The highest BCUT2D eigenvalue weighted by molar-refractivity contribution is 7.91. The topological polar surface area (TPSA) is 73.0 Å². The molecule has 1 N–H and O–H groups in total. The third kappa shape index (κ3) is 6.77. The van der Waals surface area contributed by atoms with Crippen molar-refractivity contribution in [2.24, 2.45) is 0 Å². The van der Waals surface area contributed by atoms with Crippen LogP contribution < -0.4 is 5.32 Å². The summed E-state index contributed by atoms with van der Waals surface area (Å²) in [7, 11) is -0.816. The first-order chi connectivity index (χ1) is 13.9. The number of hydrogen-bond donors (Lipinski definition) is 1. The average Bonchev–Trinajstić information content (AvgIpc) is 2.71. The van der Waals surface area contributed by atoms with E-state index in [1.54, 1.807) is 0 Å². The van der Waals surface area contributed by atoms with Crippen LogP contribution in [-0.2, 0) is 14.6 Å². The number of nitrogens with one attached hydrogen (secondary N) is 1. The molecular formula is C21H34N4O3S. The summed E-state index contributed by atoms with van der Waals surface area (Å²) >= 11 is 0. The third-order valence-electron chi connectivity index (χ3n) is 5.90. The molecule has 2 fully saturated rings. The van der Waals surface area contributed by atoms with E-state index in [0.29, 0.717) is 19.6 Å². The van der Waals surface area contributed by atoms with Crippen molar-refractivity contribution >= 4 is 15.7 Å². The van der Waals surface area contributed by atoms with Crippen LogP contribution >= 0.6 is 0 Å². The fourth-order valence-corrected chi connectivity index (χ4v) is 5.22. The minimum absolute atomic E-state index is 0.0323. The normalized spacial score (nSPS) is 22.2. The lowest BCUT2D eigenvalue weighted by atomic mass is 10.0. The third-order valence-corrected chi connectivity index (χ3v) is 7.51. The Kier molecular flexibility index (Phi) is 8.06. The van der Waals surface area contributed by atoms with Gasteiger partial charge in [-0.15, -0.1) is 0 Å². The number of sulfone groups is 1. The second kappa shape index (κ2) is 10.5. The van der Waals surface area contributed by atoms with Crippen molar-refractivity contribution in [3.05, 3.63) is 35.9 Å². The molecule has 7 nitrogen and oxygen atoms in total. The van der Waals surface area contributed by atoms with Crippen LogP contribution in [0.25, 0.3) is 0 Å². The van der Waals surface area contributed by atoms with Crippen LogP contribution in [0.3, 0.4) is 0 Å². The molecule has 0 saturated carbocycles. The maximum atomic E-state index is 13.0. The van der Waals surface area contributed by atoms with Crippen molar-refractivity contribution in [3.8, 4) is 0 Å². The van der Waals surface area contributed by atoms with E-state index in [4.69, 9.17) is 0 Å². The minimum Gasteiger partial charge on any atom is -0.354 e. The van der Waals surface area contributed by atoms with Gasteiger partial charge in [-0.3, -0.25) is 9.69 Å². The lowest BCUT2D eigenvalue weighted by molar-refractivity contribution is -0.126. The molecule has 0 spiro atoms. The maximum Gasteiger partial charge on any atom is 0.241 e. The first-order valence-electron chi connectivity index (χ1n) is 10.6. The number of carbonyl (C=O) groups excluding carboxylic acids is 1. The van der Waals surface area contributed by atoms with Gasteiger partial charge in [0.1, 0.15) is 6.04 Å². The fraction of sp³-hybridized carbons (Fsp3) is 0.667. The van der Waals surface area contributed by atoms with Crippen LogP contribution in [-0.4, -0.2) is 99.9 Å². The standard InChI is InChI=1S/C21H34N4O3S/c1-23-11-13-24(14-12-23)10-6-5-9-22-21(26)20(19-7-3-2-4-8-19)25-15-17-29(27,28)18-16-25/h2-4,7-8,20H,5-6,9-18H2,1H3,(H,22,26). The van der Waals surface area contributed by atoms with Crippen molar-refractivity contribution in [3.63, 3.8) is 0 Å². The number of hydrogen-bond acceptors (Lipinski definition) is 6. The summed E-state index contributed by atoms with van der Waals surface area (Å²) in [5, 5.41) is 3.09. The Morgan fingerprint density at radius 1 is 1.00 bits per heavy atom. The van der Waals surface area contributed by atoms with Crippen molar-refractivity contribution in [2.75, 3.05) is 70.9 Å². The Bertz CT molecular complexity index is 734. The predicted octanol–water partition coefficient (Wildman–Crippen LogP) is 0.602. The molecule has 3 rings (SSSR count). The Morgan fingerprint density at radius 2 is 1.66 bits per heavy atom. The largest absolute Gasteiger partial charge is 0.354 e. The van der Waals surface area contributed by atoms with Gasteiger partial charge in [0.15, 0.2) is 9.84 Å². The summed E-state index contributed by atoms with van der Waals surface area (Å²) in [6.07, 6.45) is 2.02. The summed E-state index contributed by atoms with van der Waals surface area (Å²) in [6.45, 7) is 7.03. The van der Waals surface area contributed by atoms with Crippen LogP contribution in [0.4, 0.5) is 0 Å². The molecule has 0 bridgehead atoms. The molecule has 2 heterocycles. The molecule has 1 aromatic carbocycles. The number of nitrogens with zero attached hydrogens (tertiary/aromatic N) is 3. The Labute approximate surface area is 175 Å². The molecular weight excluding hydrogens is 388 g/mol. The second-order valence-electron chi connectivity index (χ2n) is 8.14. The summed E-state index contributed by atoms with van der Waals surface area (Å²) < 4.78 is 23.6. The van der Waals surface area contributed by atoms with Gasteiger partial charge in [0.2, 0.25) is 5.91 Å². The summed E-state index contributed by atoms with van der Waals surface area (Å²) in [5.74, 6) is 0.207. The van der Waals surface area contributed by atoms with E-state index in [-0.39, 0.29) is 17.4 Å². The van der Waals surface area contributed by atoms with Gasteiger partial charge in [-0.2, -0.15) is 0 Å². The smallest absolute Gasteiger partial charge is 0.241 e. The highest BCUT2D eigenvalue weighted by Gasteiger charge is 2.32. The molecule has 162 valence electrons. The van der Waals surface area contributed by atoms with E-state index in [2.05, 4.69) is 22.2 Å². The van der Waals surface area contributed by atoms with Crippen LogP contribution in [0.5, 0.6) is 0 Å². The molecule has 2 aliphatic heterocycles. The summed E-state index contributed by atoms with van der Waals surface area (Å²) in [4.78, 5) is 19.8. The molecule has 0 aromatic heterocycles. The van der Waals surface area contributed by atoms with E-state index in [1.807, 2.05) is 35.2 Å². The monoisotopic (exact) mass is 422 g/mol. The second-order valence-corrected chi connectivity index (χ2v) is 10.4. The molecule has 0 radical (unpaired) electrons. The number of piperazine rings is 1. The molecule has 1 aromatic rings. The number of likely N-dealkylation sites (N-methyl/N-ethyl adjacent to an activating group) is 1. The van der Waals surface area contributed by atoms with Crippen molar-refractivity contribution in [1.82, 2.24) is 20.0 Å². The summed E-state index contributed by atoms with van der Waals surface area (Å²) in [6, 6.07) is 9.24. The highest BCUT2D eigenvalue weighted by Crippen LogP contribution is 2.23. The van der Waals surface area contributed by atoms with E-state index < -0.39 is 15.9 Å². The van der Waals surface area contributed by atoms with Gasteiger partial charge in [-0.1, -0.05) is 30.3 Å². The van der Waals surface area contributed by atoms with E-state index in [1.165, 1.54) is 0 Å². The molecule has 1 atom stereocenters. The van der Waals surface area contributed by atoms with Gasteiger partial charge in [0, 0.05) is 45.8 Å². The van der Waals surface area contributed by atoms with Crippen molar-refractivity contribution in [1.29, 1.82) is 0 Å². The van der Waals surface area contributed by atoms with Crippen LogP contribution in [0.2, 0.25) is 0 Å². The Morgan fingerprint density at radius 3 is 2.31 bits per heavy atom. The van der Waals surface area contributed by atoms with Crippen molar-refractivity contribution < 1.29 is 13.2 Å². The SMILES string of the molecule is CN1CCN(CCCCNC(=O)C(c2ccccc2)N2CCS(=O)(=O)CC2)CC1. The Balaban J connectivity index is 1.48. The average molecular weight is 423 g/mol. The highest BCUT2D eigenvalue weighted by atomic mass is 32.2. The van der Waals surface area contributed by atoms with Gasteiger partial charge in [0.05, 0.1) is 11.5 Å². The van der Waals surface area contributed by atoms with Gasteiger partial charge in [0.25, 0.3) is 0 Å². The zero-order valence-corrected chi connectivity index (χ0v) is 18.2. The first-order valence-corrected chi connectivity index (χ1v) is 12.4. The summed E-state index contributed by atoms with van der Waals surface area (Å²) in [5.41, 5.74) is 0.918.